The van der Waals surface area contributed by atoms with Gasteiger partial charge in [0.15, 0.2) is 5.65 Å². The molecule has 2 aliphatic heterocycles. The number of anilines is 3. The first kappa shape index (κ1) is 30.1. The predicted molar refractivity (Wildman–Crippen MR) is 156 cm³/mol. The highest BCUT2D eigenvalue weighted by molar-refractivity contribution is 6.31. The van der Waals surface area contributed by atoms with Crippen LogP contribution >= 0.6 is 11.6 Å². The SMILES string of the molecule is Cc1c(N2CCN(c3ncnc4[nH]nc(CC(C)C)c34)CC2)cc(Cl)cc1N(CCN1CCCC1)OC(=O)C(F)(F)F. The van der Waals surface area contributed by atoms with Gasteiger partial charge in [0, 0.05) is 43.4 Å². The summed E-state index contributed by atoms with van der Waals surface area (Å²) in [5.41, 5.74) is 3.45. The van der Waals surface area contributed by atoms with Crippen LogP contribution in [0.3, 0.4) is 0 Å². The molecule has 1 N–H and O–H groups in total. The van der Waals surface area contributed by atoms with Gasteiger partial charge in [-0.25, -0.2) is 19.8 Å². The van der Waals surface area contributed by atoms with Gasteiger partial charge in [0.25, 0.3) is 0 Å². The van der Waals surface area contributed by atoms with Crippen molar-refractivity contribution in [3.05, 3.63) is 34.7 Å². The third-order valence-electron chi connectivity index (χ3n) is 7.76. The van der Waals surface area contributed by atoms with E-state index < -0.39 is 12.1 Å². The highest BCUT2D eigenvalue weighted by Crippen LogP contribution is 2.36. The van der Waals surface area contributed by atoms with Gasteiger partial charge in [0.1, 0.15) is 12.1 Å². The van der Waals surface area contributed by atoms with E-state index in [1.54, 1.807) is 12.1 Å². The molecule has 0 atom stereocenters. The van der Waals surface area contributed by atoms with Crippen LogP contribution in [0.5, 0.6) is 0 Å². The van der Waals surface area contributed by atoms with Crippen molar-refractivity contribution in [2.45, 2.75) is 46.2 Å². The fourth-order valence-corrected chi connectivity index (χ4v) is 5.89. The van der Waals surface area contributed by atoms with Crippen molar-refractivity contribution >= 4 is 45.8 Å². The Morgan fingerprint density at radius 1 is 1.10 bits per heavy atom. The number of likely N-dealkylation sites (tertiary alicyclic amines) is 1. The van der Waals surface area contributed by atoms with Gasteiger partial charge >= 0.3 is 12.1 Å². The van der Waals surface area contributed by atoms with Crippen LogP contribution in [0, 0.1) is 12.8 Å². The summed E-state index contributed by atoms with van der Waals surface area (Å²) < 4.78 is 39.6. The number of carbonyl (C=O) groups is 1. The Kier molecular flexibility index (Phi) is 8.97. The number of halogens is 4. The second-order valence-electron chi connectivity index (χ2n) is 11.3. The van der Waals surface area contributed by atoms with E-state index in [-0.39, 0.29) is 6.54 Å². The number of hydrogen-bond acceptors (Lipinski definition) is 9. The van der Waals surface area contributed by atoms with Gasteiger partial charge < -0.3 is 19.5 Å². The molecule has 228 valence electrons. The molecule has 1 aromatic carbocycles. The molecule has 2 aromatic heterocycles. The predicted octanol–water partition coefficient (Wildman–Crippen LogP) is 4.76. The van der Waals surface area contributed by atoms with Gasteiger partial charge in [0.2, 0.25) is 0 Å². The number of hydroxylamine groups is 1. The number of nitrogens with zero attached hydrogens (tertiary/aromatic N) is 7. The first-order chi connectivity index (χ1) is 20.0. The second-order valence-corrected chi connectivity index (χ2v) is 11.7. The Bertz CT molecular complexity index is 1400. The van der Waals surface area contributed by atoms with Crippen LogP contribution in [-0.2, 0) is 16.1 Å². The standard InChI is InChI=1S/C28H36ClF3N8O2/c1-18(2)14-21-24-25(36-35-21)33-17-34-26(24)39-11-9-38(10-12-39)22-15-20(29)16-23(19(22)3)40(42-27(41)28(30,31)32)13-8-37-6-4-5-7-37/h15-18H,4-14H2,1-3H3,(H,33,34,35,36). The summed E-state index contributed by atoms with van der Waals surface area (Å²) in [4.78, 5) is 32.3. The molecule has 0 bridgehead atoms. The van der Waals surface area contributed by atoms with Crippen LogP contribution in [0.25, 0.3) is 11.0 Å². The lowest BCUT2D eigenvalue weighted by Gasteiger charge is -2.38. The van der Waals surface area contributed by atoms with Crippen molar-refractivity contribution < 1.29 is 22.8 Å². The third kappa shape index (κ3) is 6.67. The Hall–Kier alpha value is -3.32. The highest BCUT2D eigenvalue weighted by atomic mass is 35.5. The second kappa shape index (κ2) is 12.5. The quantitative estimate of drug-likeness (QED) is 0.345. The lowest BCUT2D eigenvalue weighted by Crippen LogP contribution is -2.47. The number of H-pyrrole nitrogens is 1. The number of nitrogens with one attached hydrogen (secondary N) is 1. The summed E-state index contributed by atoms with van der Waals surface area (Å²) in [7, 11) is 0. The molecule has 0 radical (unpaired) electrons. The topological polar surface area (TPSA) is 93.7 Å². The summed E-state index contributed by atoms with van der Waals surface area (Å²) >= 11 is 6.51. The average Bonchev–Trinajstić information content (AvgIpc) is 3.62. The van der Waals surface area contributed by atoms with Crippen LogP contribution in [0.1, 0.15) is 37.9 Å². The lowest BCUT2D eigenvalue weighted by molar-refractivity contribution is -0.201. The molecular formula is C28H36ClF3N8O2. The van der Waals surface area contributed by atoms with E-state index in [9.17, 15) is 18.0 Å². The van der Waals surface area contributed by atoms with Gasteiger partial charge in [-0.3, -0.25) is 5.10 Å². The number of benzene rings is 1. The minimum Gasteiger partial charge on any atom is -0.368 e. The van der Waals surface area contributed by atoms with E-state index in [1.807, 2.05) is 6.92 Å². The Balaban J connectivity index is 1.37. The summed E-state index contributed by atoms with van der Waals surface area (Å²) in [5.74, 6) is -1.00. The van der Waals surface area contributed by atoms with Crippen molar-refractivity contribution in [1.29, 1.82) is 0 Å². The molecule has 14 heteroatoms. The molecule has 0 unspecified atom stereocenters. The fourth-order valence-electron chi connectivity index (χ4n) is 5.68. The molecule has 0 saturated carbocycles. The molecule has 2 aliphatic rings. The van der Waals surface area contributed by atoms with Gasteiger partial charge in [-0.15, -0.1) is 0 Å². The summed E-state index contributed by atoms with van der Waals surface area (Å²) in [5, 5.41) is 9.82. The number of alkyl halides is 3. The molecule has 5 rings (SSSR count). The van der Waals surface area contributed by atoms with E-state index in [0.717, 1.165) is 60.0 Å². The zero-order chi connectivity index (χ0) is 30.0. The Morgan fingerprint density at radius 3 is 2.45 bits per heavy atom. The maximum atomic E-state index is 13.2. The van der Waals surface area contributed by atoms with Crippen molar-refractivity contribution in [2.75, 3.05) is 67.2 Å². The molecule has 0 spiro atoms. The van der Waals surface area contributed by atoms with E-state index in [0.29, 0.717) is 60.6 Å². The number of aromatic amines is 1. The molecule has 3 aromatic rings. The zero-order valence-corrected chi connectivity index (χ0v) is 24.8. The van der Waals surface area contributed by atoms with Gasteiger partial charge in [-0.1, -0.05) is 25.4 Å². The monoisotopic (exact) mass is 608 g/mol. The van der Waals surface area contributed by atoms with Crippen LogP contribution in [-0.4, -0.2) is 89.6 Å². The van der Waals surface area contributed by atoms with E-state index in [4.69, 9.17) is 16.4 Å². The maximum absolute atomic E-state index is 13.2. The number of piperazine rings is 1. The van der Waals surface area contributed by atoms with Crippen molar-refractivity contribution in [3.63, 3.8) is 0 Å². The molecule has 10 nitrogen and oxygen atoms in total. The molecule has 42 heavy (non-hydrogen) atoms. The Labute approximate surface area is 247 Å². The number of hydrogen-bond donors (Lipinski definition) is 1. The van der Waals surface area contributed by atoms with Crippen molar-refractivity contribution in [2.24, 2.45) is 5.92 Å². The van der Waals surface area contributed by atoms with Crippen LogP contribution in [0.4, 0.5) is 30.4 Å². The van der Waals surface area contributed by atoms with Crippen molar-refractivity contribution in [1.82, 2.24) is 25.1 Å². The highest BCUT2D eigenvalue weighted by Gasteiger charge is 2.43. The summed E-state index contributed by atoms with van der Waals surface area (Å²) in [6, 6.07) is 3.36. The maximum Gasteiger partial charge on any atom is 0.493 e. The minimum absolute atomic E-state index is 0.0866. The number of carbonyl (C=O) groups excluding carboxylic acids is 1. The van der Waals surface area contributed by atoms with Gasteiger partial charge in [-0.05, 0) is 62.9 Å². The third-order valence-corrected chi connectivity index (χ3v) is 7.98. The Morgan fingerprint density at radius 2 is 1.79 bits per heavy atom. The number of aromatic nitrogens is 4. The average molecular weight is 609 g/mol. The molecule has 4 heterocycles. The molecule has 0 amide bonds. The largest absolute Gasteiger partial charge is 0.493 e. The zero-order valence-electron chi connectivity index (χ0n) is 24.0. The van der Waals surface area contributed by atoms with Gasteiger partial charge in [0.05, 0.1) is 23.3 Å². The summed E-state index contributed by atoms with van der Waals surface area (Å²) in [6.45, 7) is 10.9. The minimum atomic E-state index is -5.12. The van der Waals surface area contributed by atoms with Crippen LogP contribution in [0.15, 0.2) is 18.5 Å². The molecule has 0 aliphatic carbocycles. The summed E-state index contributed by atoms with van der Waals surface area (Å²) in [6.07, 6.45) is -0.705. The number of rotatable bonds is 9. The van der Waals surface area contributed by atoms with Crippen LogP contribution in [0.2, 0.25) is 5.02 Å². The molecular weight excluding hydrogens is 573 g/mol. The fraction of sp³-hybridized carbons (Fsp3) is 0.571. The normalized spacial score (nSPS) is 16.6. The first-order valence-corrected chi connectivity index (χ1v) is 14.7. The molecule has 2 fully saturated rings. The smallest absolute Gasteiger partial charge is 0.368 e. The van der Waals surface area contributed by atoms with Crippen LogP contribution < -0.4 is 14.9 Å². The lowest BCUT2D eigenvalue weighted by atomic mass is 10.1. The first-order valence-electron chi connectivity index (χ1n) is 14.3. The molecule has 2 saturated heterocycles. The van der Waals surface area contributed by atoms with E-state index in [2.05, 4.69) is 48.7 Å². The van der Waals surface area contributed by atoms with E-state index in [1.165, 1.54) is 6.33 Å². The van der Waals surface area contributed by atoms with Crippen molar-refractivity contribution in [3.8, 4) is 0 Å². The van der Waals surface area contributed by atoms with E-state index >= 15 is 0 Å². The number of fused-ring (bicyclic) bond motifs is 1. The van der Waals surface area contributed by atoms with Gasteiger partial charge in [-0.2, -0.15) is 18.3 Å².